The lowest BCUT2D eigenvalue weighted by Crippen LogP contribution is -2.50. The van der Waals surface area contributed by atoms with Crippen LogP contribution in [0.2, 0.25) is 0 Å². The van der Waals surface area contributed by atoms with Crippen LogP contribution in [0.1, 0.15) is 85.5 Å². The number of aliphatic hydroxyl groups is 1. The van der Waals surface area contributed by atoms with Crippen molar-refractivity contribution in [1.82, 2.24) is 0 Å². The summed E-state index contributed by atoms with van der Waals surface area (Å²) in [5, 5.41) is 13.3. The van der Waals surface area contributed by atoms with Crippen LogP contribution in [0.15, 0.2) is 16.8 Å². The average molecular weight is 394 g/mol. The Morgan fingerprint density at radius 3 is 2.79 bits per heavy atom. The van der Waals surface area contributed by atoms with Gasteiger partial charge in [-0.2, -0.15) is 0 Å². The Morgan fingerprint density at radius 2 is 2.07 bits per heavy atom. The predicted molar refractivity (Wildman–Crippen MR) is 112 cm³/mol. The van der Waals surface area contributed by atoms with Crippen molar-refractivity contribution >= 4 is 0 Å². The molecule has 0 aromatic rings. The van der Waals surface area contributed by atoms with Gasteiger partial charge in [0, 0.05) is 24.3 Å². The van der Waals surface area contributed by atoms with E-state index in [2.05, 4.69) is 29.9 Å². The molecule has 2 fully saturated rings. The third-order valence-electron chi connectivity index (χ3n) is 6.41. The molecule has 0 unspecified atom stereocenters. The van der Waals surface area contributed by atoms with Gasteiger partial charge in [-0.15, -0.1) is 0 Å². The third-order valence-corrected chi connectivity index (χ3v) is 6.41. The van der Waals surface area contributed by atoms with Crippen molar-refractivity contribution in [2.24, 2.45) is 17.0 Å². The number of hydrogen-bond acceptors (Lipinski definition) is 4. The second kappa shape index (κ2) is 11.2. The molecule has 0 amide bonds. The van der Waals surface area contributed by atoms with Crippen LogP contribution in [-0.4, -0.2) is 35.8 Å². The molecule has 0 aromatic carbocycles. The lowest BCUT2D eigenvalue weighted by Gasteiger charge is -2.48. The Morgan fingerprint density at radius 1 is 1.29 bits per heavy atom. The van der Waals surface area contributed by atoms with Gasteiger partial charge < -0.3 is 14.6 Å². The van der Waals surface area contributed by atoms with Crippen molar-refractivity contribution in [3.8, 4) is 0 Å². The van der Waals surface area contributed by atoms with Crippen molar-refractivity contribution in [3.05, 3.63) is 22.1 Å². The highest BCUT2D eigenvalue weighted by molar-refractivity contribution is 5.04. The van der Waals surface area contributed by atoms with E-state index in [1.807, 2.05) is 13.8 Å². The van der Waals surface area contributed by atoms with Crippen LogP contribution in [0.3, 0.4) is 0 Å². The molecule has 2 saturated heterocycles. The molecule has 0 saturated carbocycles. The van der Waals surface area contributed by atoms with Gasteiger partial charge in [0.25, 0.3) is 0 Å². The number of nitrogens with zero attached hydrogens (tertiary/aromatic N) is 3. The number of ether oxygens (including phenoxy) is 2. The molecule has 28 heavy (non-hydrogen) atoms. The van der Waals surface area contributed by atoms with Gasteiger partial charge in [-0.3, -0.25) is 0 Å². The lowest BCUT2D eigenvalue weighted by molar-refractivity contribution is -0.324. The summed E-state index contributed by atoms with van der Waals surface area (Å²) >= 11 is 0. The number of aliphatic hydroxyl groups excluding tert-OH is 1. The fraction of sp³-hybridized carbons (Fsp3) is 0.909. The lowest BCUT2D eigenvalue weighted by atomic mass is 9.85. The van der Waals surface area contributed by atoms with E-state index in [1.54, 1.807) is 0 Å². The van der Waals surface area contributed by atoms with E-state index in [4.69, 9.17) is 15.0 Å². The molecule has 2 aliphatic heterocycles. The first kappa shape index (κ1) is 23.2. The zero-order valence-corrected chi connectivity index (χ0v) is 18.1. The van der Waals surface area contributed by atoms with Gasteiger partial charge in [-0.25, -0.2) is 0 Å². The van der Waals surface area contributed by atoms with Gasteiger partial charge in [0.05, 0.1) is 18.3 Å². The summed E-state index contributed by atoms with van der Waals surface area (Å²) in [4.78, 5) is 2.83. The Kier molecular flexibility index (Phi) is 9.29. The van der Waals surface area contributed by atoms with Gasteiger partial charge in [0.1, 0.15) is 0 Å². The Bertz CT molecular complexity index is 559. The number of rotatable bonds is 9. The van der Waals surface area contributed by atoms with Gasteiger partial charge in [0.2, 0.25) is 0 Å². The van der Waals surface area contributed by atoms with Crippen LogP contribution < -0.4 is 0 Å². The molecule has 6 atom stereocenters. The molecule has 1 N–H and O–H groups in total. The molecule has 2 heterocycles. The molecule has 0 radical (unpaired) electrons. The van der Waals surface area contributed by atoms with E-state index < -0.39 is 5.79 Å². The van der Waals surface area contributed by atoms with E-state index in [9.17, 15) is 5.11 Å². The minimum Gasteiger partial charge on any atom is -0.389 e. The number of hydrogen-bond donors (Lipinski definition) is 1. The van der Waals surface area contributed by atoms with Gasteiger partial charge in [-0.1, -0.05) is 25.0 Å². The average Bonchev–Trinajstić information content (AvgIpc) is 2.66. The molecule has 2 aliphatic rings. The van der Waals surface area contributed by atoms with Crippen LogP contribution >= 0.6 is 0 Å². The van der Waals surface area contributed by atoms with E-state index in [-0.39, 0.29) is 18.3 Å². The standard InChI is InChI=1S/C22H39N3O3/c1-16(15-18(3)19(4)26)9-10-20-7-5-12-22(27-20)13-11-17(2)21(28-22)8-6-14-24-25-23/h15-17,19-21,26H,5-14H2,1-4H3/b18-15+/t16-,17-,19+,20-,21+,22-/m0/s1. The minimum absolute atomic E-state index is 0.192. The second-order valence-corrected chi connectivity index (χ2v) is 8.95. The molecule has 160 valence electrons. The summed E-state index contributed by atoms with van der Waals surface area (Å²) in [5.41, 5.74) is 9.48. The van der Waals surface area contributed by atoms with E-state index in [0.29, 0.717) is 18.4 Å². The SMILES string of the molecule is C/C(=C\[C@@H](C)CC[C@@H]1CCC[C@]2(CC[C@H](C)[C@@H](CCCN=[N+]=[N-])O2)O1)[C@@H](C)O. The molecule has 0 aromatic heterocycles. The highest BCUT2D eigenvalue weighted by atomic mass is 16.7. The van der Waals surface area contributed by atoms with Crippen LogP contribution in [0.25, 0.3) is 10.4 Å². The summed E-state index contributed by atoms with van der Waals surface area (Å²) in [7, 11) is 0. The predicted octanol–water partition coefficient (Wildman–Crippen LogP) is 5.90. The van der Waals surface area contributed by atoms with Crippen molar-refractivity contribution in [2.45, 2.75) is 110 Å². The molecule has 6 nitrogen and oxygen atoms in total. The van der Waals surface area contributed by atoms with Crippen molar-refractivity contribution in [3.63, 3.8) is 0 Å². The van der Waals surface area contributed by atoms with E-state index in [1.165, 1.54) is 0 Å². The summed E-state index contributed by atoms with van der Waals surface area (Å²) in [6.07, 6.45) is 11.5. The largest absolute Gasteiger partial charge is 0.389 e. The number of allylic oxidation sites excluding steroid dienone is 1. The summed E-state index contributed by atoms with van der Waals surface area (Å²) in [6.45, 7) is 8.81. The monoisotopic (exact) mass is 393 g/mol. The van der Waals surface area contributed by atoms with Crippen LogP contribution in [0.5, 0.6) is 0 Å². The Hall–Kier alpha value is -1.07. The molecule has 0 bridgehead atoms. The summed E-state index contributed by atoms with van der Waals surface area (Å²) in [6, 6.07) is 0. The molecule has 0 aliphatic carbocycles. The number of azide groups is 1. The zero-order chi connectivity index (χ0) is 20.6. The van der Waals surface area contributed by atoms with Crippen LogP contribution in [0.4, 0.5) is 0 Å². The highest BCUT2D eigenvalue weighted by Crippen LogP contribution is 2.43. The quantitative estimate of drug-likeness (QED) is 0.174. The maximum atomic E-state index is 9.66. The minimum atomic E-state index is -0.410. The summed E-state index contributed by atoms with van der Waals surface area (Å²) in [5.74, 6) is 0.554. The van der Waals surface area contributed by atoms with E-state index in [0.717, 1.165) is 63.4 Å². The Labute approximate surface area is 170 Å². The van der Waals surface area contributed by atoms with Crippen molar-refractivity contribution in [2.75, 3.05) is 6.54 Å². The maximum Gasteiger partial charge on any atom is 0.169 e. The molecule has 2 rings (SSSR count). The normalized spacial score (nSPS) is 33.3. The smallest absolute Gasteiger partial charge is 0.169 e. The first-order chi connectivity index (χ1) is 13.3. The van der Waals surface area contributed by atoms with Gasteiger partial charge >= 0.3 is 0 Å². The maximum absolute atomic E-state index is 9.66. The van der Waals surface area contributed by atoms with Crippen LogP contribution in [0, 0.1) is 11.8 Å². The van der Waals surface area contributed by atoms with Crippen molar-refractivity contribution in [1.29, 1.82) is 0 Å². The first-order valence-electron chi connectivity index (χ1n) is 11.1. The Balaban J connectivity index is 1.86. The summed E-state index contributed by atoms with van der Waals surface area (Å²) < 4.78 is 13.1. The van der Waals surface area contributed by atoms with Crippen molar-refractivity contribution < 1.29 is 14.6 Å². The van der Waals surface area contributed by atoms with E-state index >= 15 is 0 Å². The van der Waals surface area contributed by atoms with Gasteiger partial charge in [0.15, 0.2) is 5.79 Å². The molecular formula is C22H39N3O3. The first-order valence-corrected chi connectivity index (χ1v) is 11.1. The fourth-order valence-electron chi connectivity index (χ4n) is 4.45. The second-order valence-electron chi connectivity index (χ2n) is 8.95. The molecule has 1 spiro atoms. The van der Waals surface area contributed by atoms with Gasteiger partial charge in [-0.05, 0) is 81.7 Å². The molecular weight excluding hydrogens is 354 g/mol. The topological polar surface area (TPSA) is 87.5 Å². The van der Waals surface area contributed by atoms with Crippen LogP contribution in [-0.2, 0) is 9.47 Å². The highest BCUT2D eigenvalue weighted by Gasteiger charge is 2.44. The zero-order valence-electron chi connectivity index (χ0n) is 18.1. The fourth-order valence-corrected chi connectivity index (χ4v) is 4.45. The molecule has 6 heteroatoms. The third kappa shape index (κ3) is 7.07.